The summed E-state index contributed by atoms with van der Waals surface area (Å²) < 4.78 is 0. The SMILES string of the molecule is CC(C)CC1CCCN(C(=O)C2CCNCC2)C1. The molecule has 3 heteroatoms. The highest BCUT2D eigenvalue weighted by Crippen LogP contribution is 2.25. The average Bonchev–Trinajstić information content (AvgIpc) is 2.38. The summed E-state index contributed by atoms with van der Waals surface area (Å²) in [5.41, 5.74) is 0. The Hall–Kier alpha value is -0.570. The number of likely N-dealkylation sites (tertiary alicyclic amines) is 1. The molecular formula is C15H28N2O. The molecule has 1 unspecified atom stereocenters. The van der Waals surface area contributed by atoms with E-state index < -0.39 is 0 Å². The van der Waals surface area contributed by atoms with Gasteiger partial charge in [-0.1, -0.05) is 13.8 Å². The highest BCUT2D eigenvalue weighted by atomic mass is 16.2. The molecule has 1 N–H and O–H groups in total. The molecule has 2 aliphatic heterocycles. The second-order valence-electron chi connectivity index (χ2n) is 6.45. The Labute approximate surface area is 111 Å². The van der Waals surface area contributed by atoms with E-state index in [1.54, 1.807) is 0 Å². The summed E-state index contributed by atoms with van der Waals surface area (Å²) in [7, 11) is 0. The van der Waals surface area contributed by atoms with Gasteiger partial charge in [-0.25, -0.2) is 0 Å². The molecule has 2 saturated heterocycles. The number of hydrogen-bond acceptors (Lipinski definition) is 2. The van der Waals surface area contributed by atoms with Crippen LogP contribution in [0.5, 0.6) is 0 Å². The number of nitrogens with one attached hydrogen (secondary N) is 1. The maximum Gasteiger partial charge on any atom is 0.225 e. The molecule has 0 radical (unpaired) electrons. The van der Waals surface area contributed by atoms with Gasteiger partial charge in [-0.2, -0.15) is 0 Å². The first-order valence-corrected chi connectivity index (χ1v) is 7.66. The van der Waals surface area contributed by atoms with E-state index in [4.69, 9.17) is 0 Å². The minimum atomic E-state index is 0.295. The van der Waals surface area contributed by atoms with Crippen molar-refractivity contribution >= 4 is 5.91 Å². The van der Waals surface area contributed by atoms with Crippen molar-refractivity contribution in [2.75, 3.05) is 26.2 Å². The van der Waals surface area contributed by atoms with Gasteiger partial charge in [-0.3, -0.25) is 4.79 Å². The van der Waals surface area contributed by atoms with Crippen LogP contribution in [0.1, 0.15) is 46.0 Å². The van der Waals surface area contributed by atoms with Gasteiger partial charge in [0.2, 0.25) is 5.91 Å². The van der Waals surface area contributed by atoms with Gasteiger partial charge in [0.05, 0.1) is 0 Å². The molecule has 0 aromatic heterocycles. The molecular weight excluding hydrogens is 224 g/mol. The molecule has 2 fully saturated rings. The second-order valence-corrected chi connectivity index (χ2v) is 6.45. The van der Waals surface area contributed by atoms with Crippen LogP contribution in [-0.4, -0.2) is 37.0 Å². The summed E-state index contributed by atoms with van der Waals surface area (Å²) in [4.78, 5) is 14.6. The molecule has 0 saturated carbocycles. The Morgan fingerprint density at radius 3 is 2.67 bits per heavy atom. The van der Waals surface area contributed by atoms with Crippen LogP contribution in [0.4, 0.5) is 0 Å². The minimum absolute atomic E-state index is 0.295. The van der Waals surface area contributed by atoms with Gasteiger partial charge >= 0.3 is 0 Å². The largest absolute Gasteiger partial charge is 0.342 e. The van der Waals surface area contributed by atoms with E-state index in [2.05, 4.69) is 24.1 Å². The second kappa shape index (κ2) is 6.55. The molecule has 18 heavy (non-hydrogen) atoms. The van der Waals surface area contributed by atoms with E-state index in [1.807, 2.05) is 0 Å². The third-order valence-electron chi connectivity index (χ3n) is 4.32. The summed E-state index contributed by atoms with van der Waals surface area (Å²) in [6, 6.07) is 0. The zero-order chi connectivity index (χ0) is 13.0. The van der Waals surface area contributed by atoms with Crippen molar-refractivity contribution in [1.29, 1.82) is 0 Å². The molecule has 0 aromatic rings. The maximum atomic E-state index is 12.5. The quantitative estimate of drug-likeness (QED) is 0.835. The number of rotatable bonds is 3. The van der Waals surface area contributed by atoms with E-state index >= 15 is 0 Å². The lowest BCUT2D eigenvalue weighted by Crippen LogP contribution is -2.45. The highest BCUT2D eigenvalue weighted by Gasteiger charge is 2.29. The van der Waals surface area contributed by atoms with Gasteiger partial charge < -0.3 is 10.2 Å². The fraction of sp³-hybridized carbons (Fsp3) is 0.933. The molecule has 2 aliphatic rings. The lowest BCUT2D eigenvalue weighted by atomic mass is 9.88. The molecule has 2 heterocycles. The Morgan fingerprint density at radius 1 is 1.28 bits per heavy atom. The first kappa shape index (κ1) is 13.9. The van der Waals surface area contributed by atoms with Crippen molar-refractivity contribution in [3.05, 3.63) is 0 Å². The fourth-order valence-corrected chi connectivity index (χ4v) is 3.45. The first-order chi connectivity index (χ1) is 8.66. The van der Waals surface area contributed by atoms with Crippen LogP contribution in [-0.2, 0) is 4.79 Å². The molecule has 2 rings (SSSR count). The molecule has 1 atom stereocenters. The topological polar surface area (TPSA) is 32.3 Å². The first-order valence-electron chi connectivity index (χ1n) is 7.66. The van der Waals surface area contributed by atoms with E-state index in [0.717, 1.165) is 50.9 Å². The van der Waals surface area contributed by atoms with Crippen LogP contribution < -0.4 is 5.32 Å². The molecule has 1 amide bonds. The van der Waals surface area contributed by atoms with Crippen LogP contribution in [0.2, 0.25) is 0 Å². The number of carbonyl (C=O) groups excluding carboxylic acids is 1. The van der Waals surface area contributed by atoms with Crippen LogP contribution in [0.25, 0.3) is 0 Å². The van der Waals surface area contributed by atoms with Crippen molar-refractivity contribution in [1.82, 2.24) is 10.2 Å². The van der Waals surface area contributed by atoms with Gasteiger partial charge in [0, 0.05) is 19.0 Å². The standard InChI is InChI=1S/C15H28N2O/c1-12(2)10-13-4-3-9-17(11-13)15(18)14-5-7-16-8-6-14/h12-14,16H,3-11H2,1-2H3. The summed E-state index contributed by atoms with van der Waals surface area (Å²) >= 11 is 0. The van der Waals surface area contributed by atoms with Gasteiger partial charge in [0.1, 0.15) is 0 Å². The van der Waals surface area contributed by atoms with E-state index in [0.29, 0.717) is 11.8 Å². The third kappa shape index (κ3) is 3.71. The number of amides is 1. The van der Waals surface area contributed by atoms with Crippen molar-refractivity contribution in [3.63, 3.8) is 0 Å². The lowest BCUT2D eigenvalue weighted by Gasteiger charge is -2.36. The zero-order valence-corrected chi connectivity index (χ0v) is 12.0. The smallest absolute Gasteiger partial charge is 0.225 e. The van der Waals surface area contributed by atoms with Crippen molar-refractivity contribution < 1.29 is 4.79 Å². The zero-order valence-electron chi connectivity index (χ0n) is 12.0. The Balaban J connectivity index is 1.85. The lowest BCUT2D eigenvalue weighted by molar-refractivity contribution is -0.138. The monoisotopic (exact) mass is 252 g/mol. The maximum absolute atomic E-state index is 12.5. The molecule has 0 bridgehead atoms. The summed E-state index contributed by atoms with van der Waals surface area (Å²) in [6.07, 6.45) is 5.85. The highest BCUT2D eigenvalue weighted by molar-refractivity contribution is 5.79. The molecule has 104 valence electrons. The van der Waals surface area contributed by atoms with Crippen LogP contribution in [0.3, 0.4) is 0 Å². The average molecular weight is 252 g/mol. The van der Waals surface area contributed by atoms with Crippen molar-refractivity contribution in [3.8, 4) is 0 Å². The Kier molecular flexibility index (Phi) is 5.04. The van der Waals surface area contributed by atoms with Gasteiger partial charge in [0.25, 0.3) is 0 Å². The summed E-state index contributed by atoms with van der Waals surface area (Å²) in [5, 5.41) is 3.34. The molecule has 0 spiro atoms. The summed E-state index contributed by atoms with van der Waals surface area (Å²) in [5.74, 6) is 2.22. The third-order valence-corrected chi connectivity index (χ3v) is 4.32. The number of carbonyl (C=O) groups is 1. The molecule has 0 aliphatic carbocycles. The van der Waals surface area contributed by atoms with E-state index in [9.17, 15) is 4.79 Å². The minimum Gasteiger partial charge on any atom is -0.342 e. The van der Waals surface area contributed by atoms with Crippen molar-refractivity contribution in [2.24, 2.45) is 17.8 Å². The number of piperidine rings is 2. The van der Waals surface area contributed by atoms with Gasteiger partial charge in [0.15, 0.2) is 0 Å². The van der Waals surface area contributed by atoms with Crippen LogP contribution in [0.15, 0.2) is 0 Å². The predicted molar refractivity (Wildman–Crippen MR) is 74.4 cm³/mol. The van der Waals surface area contributed by atoms with Crippen LogP contribution in [0, 0.1) is 17.8 Å². The predicted octanol–water partition coefficient (Wildman–Crippen LogP) is 2.27. The normalized spacial score (nSPS) is 26.6. The number of nitrogens with zero attached hydrogens (tertiary/aromatic N) is 1. The van der Waals surface area contributed by atoms with E-state index in [1.165, 1.54) is 19.3 Å². The number of hydrogen-bond donors (Lipinski definition) is 1. The van der Waals surface area contributed by atoms with Crippen LogP contribution >= 0.6 is 0 Å². The van der Waals surface area contributed by atoms with E-state index in [-0.39, 0.29) is 0 Å². The van der Waals surface area contributed by atoms with Gasteiger partial charge in [-0.15, -0.1) is 0 Å². The molecule has 0 aromatic carbocycles. The fourth-order valence-electron chi connectivity index (χ4n) is 3.45. The summed E-state index contributed by atoms with van der Waals surface area (Å²) in [6.45, 7) is 8.61. The molecule has 3 nitrogen and oxygen atoms in total. The Bertz CT molecular complexity index is 272. The van der Waals surface area contributed by atoms with Gasteiger partial charge in [-0.05, 0) is 57.0 Å². The Morgan fingerprint density at radius 2 is 2.00 bits per heavy atom. The van der Waals surface area contributed by atoms with Crippen molar-refractivity contribution in [2.45, 2.75) is 46.0 Å².